The third kappa shape index (κ3) is 5.79. The number of methoxy groups -OCH3 is 1. The Hall–Kier alpha value is -2.61. The lowest BCUT2D eigenvalue weighted by Crippen LogP contribution is -2.52. The average Bonchev–Trinajstić information content (AvgIpc) is 3.60. The van der Waals surface area contributed by atoms with Gasteiger partial charge in [0, 0.05) is 37.9 Å². The number of anilines is 1. The zero-order valence-corrected chi connectivity index (χ0v) is 19.0. The maximum atomic E-state index is 13.4. The van der Waals surface area contributed by atoms with Gasteiger partial charge in [-0.05, 0) is 36.6 Å². The molecule has 0 spiro atoms. The monoisotopic (exact) mass is 456 g/mol. The number of halogens is 1. The Kier molecular flexibility index (Phi) is 7.29. The summed E-state index contributed by atoms with van der Waals surface area (Å²) < 4.78 is 5.19. The van der Waals surface area contributed by atoms with Gasteiger partial charge in [-0.15, -0.1) is 0 Å². The fourth-order valence-electron chi connectivity index (χ4n) is 4.00. The molecule has 170 valence electrons. The number of hydrogen-bond donors (Lipinski definition) is 2. The SMILES string of the molecule is COc1ccc(NC(=O)[C@H](c2ccccc2)N2CCN(CC(=O)NC3CC3)CC2)cc1Cl. The minimum absolute atomic E-state index is 0.0923. The summed E-state index contributed by atoms with van der Waals surface area (Å²) in [7, 11) is 1.56. The van der Waals surface area contributed by atoms with E-state index in [0.29, 0.717) is 42.1 Å². The standard InChI is InChI=1S/C24H29ClN4O3/c1-32-21-10-9-19(15-20(21)25)27-24(31)23(17-5-3-2-4-6-17)29-13-11-28(12-14-29)16-22(30)26-18-7-8-18/h2-6,9-10,15,18,23H,7-8,11-14,16H2,1H3,(H,26,30)(H,27,31)/t23-/m0/s1. The van der Waals surface area contributed by atoms with Crippen LogP contribution >= 0.6 is 11.6 Å². The van der Waals surface area contributed by atoms with Crippen LogP contribution in [0.15, 0.2) is 48.5 Å². The van der Waals surface area contributed by atoms with Crippen LogP contribution in [-0.4, -0.2) is 67.5 Å². The lowest BCUT2D eigenvalue weighted by Gasteiger charge is -2.38. The molecule has 2 fully saturated rings. The van der Waals surface area contributed by atoms with Crippen molar-refractivity contribution < 1.29 is 14.3 Å². The van der Waals surface area contributed by atoms with Gasteiger partial charge in [0.15, 0.2) is 0 Å². The summed E-state index contributed by atoms with van der Waals surface area (Å²) in [6.45, 7) is 3.29. The fourth-order valence-corrected chi connectivity index (χ4v) is 4.26. The topological polar surface area (TPSA) is 73.9 Å². The van der Waals surface area contributed by atoms with Gasteiger partial charge >= 0.3 is 0 Å². The first-order valence-corrected chi connectivity index (χ1v) is 11.4. The lowest BCUT2D eigenvalue weighted by atomic mass is 10.0. The van der Waals surface area contributed by atoms with Crippen LogP contribution in [0.3, 0.4) is 0 Å². The number of nitrogens with one attached hydrogen (secondary N) is 2. The van der Waals surface area contributed by atoms with Gasteiger partial charge in [0.25, 0.3) is 0 Å². The number of amides is 2. The van der Waals surface area contributed by atoms with Crippen LogP contribution in [0.25, 0.3) is 0 Å². The molecule has 8 heteroatoms. The molecule has 0 aromatic heterocycles. The molecule has 1 aliphatic carbocycles. The van der Waals surface area contributed by atoms with E-state index < -0.39 is 6.04 Å². The summed E-state index contributed by atoms with van der Waals surface area (Å²) in [4.78, 5) is 29.8. The highest BCUT2D eigenvalue weighted by atomic mass is 35.5. The van der Waals surface area contributed by atoms with Crippen molar-refractivity contribution in [3.05, 3.63) is 59.1 Å². The first kappa shape index (κ1) is 22.6. The Morgan fingerprint density at radius 2 is 1.81 bits per heavy atom. The van der Waals surface area contributed by atoms with E-state index in [1.54, 1.807) is 25.3 Å². The molecule has 1 heterocycles. The molecular weight excluding hydrogens is 428 g/mol. The van der Waals surface area contributed by atoms with E-state index in [2.05, 4.69) is 20.4 Å². The molecule has 1 saturated heterocycles. The third-order valence-corrected chi connectivity index (χ3v) is 6.16. The molecule has 2 aliphatic rings. The van der Waals surface area contributed by atoms with Crippen LogP contribution in [0, 0.1) is 0 Å². The summed E-state index contributed by atoms with van der Waals surface area (Å²) >= 11 is 6.23. The van der Waals surface area contributed by atoms with Crippen LogP contribution in [-0.2, 0) is 9.59 Å². The maximum absolute atomic E-state index is 13.4. The number of benzene rings is 2. The molecule has 0 radical (unpaired) electrons. The molecule has 1 saturated carbocycles. The highest BCUT2D eigenvalue weighted by Gasteiger charge is 2.31. The number of carbonyl (C=O) groups excluding carboxylic acids is 2. The average molecular weight is 457 g/mol. The van der Waals surface area contributed by atoms with Crippen LogP contribution < -0.4 is 15.4 Å². The highest BCUT2D eigenvalue weighted by Crippen LogP contribution is 2.29. The summed E-state index contributed by atoms with van der Waals surface area (Å²) in [5, 5.41) is 6.49. The van der Waals surface area contributed by atoms with Gasteiger partial charge in [0.05, 0.1) is 18.7 Å². The minimum atomic E-state index is -0.431. The zero-order valence-electron chi connectivity index (χ0n) is 18.2. The molecule has 1 aliphatic heterocycles. The first-order chi connectivity index (χ1) is 15.5. The molecule has 2 aromatic carbocycles. The van der Waals surface area contributed by atoms with Crippen molar-refractivity contribution in [2.45, 2.75) is 24.9 Å². The molecule has 4 rings (SSSR count). The Morgan fingerprint density at radius 1 is 1.09 bits per heavy atom. The maximum Gasteiger partial charge on any atom is 0.246 e. The van der Waals surface area contributed by atoms with Gasteiger partial charge < -0.3 is 15.4 Å². The van der Waals surface area contributed by atoms with Crippen molar-refractivity contribution in [1.29, 1.82) is 0 Å². The Morgan fingerprint density at radius 3 is 2.44 bits per heavy atom. The van der Waals surface area contributed by atoms with E-state index in [1.807, 2.05) is 30.3 Å². The predicted octanol–water partition coefficient (Wildman–Crippen LogP) is 2.92. The van der Waals surface area contributed by atoms with E-state index in [4.69, 9.17) is 16.3 Å². The summed E-state index contributed by atoms with van der Waals surface area (Å²) in [5.41, 5.74) is 1.56. The minimum Gasteiger partial charge on any atom is -0.495 e. The number of carbonyl (C=O) groups is 2. The second-order valence-corrected chi connectivity index (χ2v) is 8.71. The van der Waals surface area contributed by atoms with E-state index >= 15 is 0 Å². The second kappa shape index (κ2) is 10.3. The van der Waals surface area contributed by atoms with Gasteiger partial charge in [-0.1, -0.05) is 41.9 Å². The van der Waals surface area contributed by atoms with Crippen LogP contribution in [0.1, 0.15) is 24.4 Å². The van der Waals surface area contributed by atoms with Crippen molar-refractivity contribution in [2.75, 3.05) is 45.2 Å². The Labute approximate surface area is 193 Å². The molecule has 2 aromatic rings. The Bertz CT molecular complexity index is 944. The van der Waals surface area contributed by atoms with Crippen molar-refractivity contribution in [3.63, 3.8) is 0 Å². The van der Waals surface area contributed by atoms with Crippen LogP contribution in [0.5, 0.6) is 5.75 Å². The predicted molar refractivity (Wildman–Crippen MR) is 125 cm³/mol. The van der Waals surface area contributed by atoms with E-state index in [1.165, 1.54) is 0 Å². The van der Waals surface area contributed by atoms with Crippen LogP contribution in [0.2, 0.25) is 5.02 Å². The molecule has 1 atom stereocenters. The quantitative estimate of drug-likeness (QED) is 0.639. The van der Waals surface area contributed by atoms with Crippen molar-refractivity contribution in [3.8, 4) is 5.75 Å². The summed E-state index contributed by atoms with van der Waals surface area (Å²) in [6.07, 6.45) is 2.18. The van der Waals surface area contributed by atoms with E-state index in [0.717, 1.165) is 31.5 Å². The molecule has 32 heavy (non-hydrogen) atoms. The first-order valence-electron chi connectivity index (χ1n) is 11.0. The van der Waals surface area contributed by atoms with Crippen molar-refractivity contribution in [1.82, 2.24) is 15.1 Å². The third-order valence-electron chi connectivity index (χ3n) is 5.86. The number of ether oxygens (including phenoxy) is 1. The number of nitrogens with zero attached hydrogens (tertiary/aromatic N) is 2. The highest BCUT2D eigenvalue weighted by molar-refractivity contribution is 6.32. The number of hydrogen-bond acceptors (Lipinski definition) is 5. The van der Waals surface area contributed by atoms with Crippen LogP contribution in [0.4, 0.5) is 5.69 Å². The summed E-state index contributed by atoms with van der Waals surface area (Å²) in [6, 6.07) is 14.9. The van der Waals surface area contributed by atoms with Gasteiger partial charge in [0.2, 0.25) is 11.8 Å². The Balaban J connectivity index is 1.42. The zero-order chi connectivity index (χ0) is 22.5. The molecule has 2 N–H and O–H groups in total. The summed E-state index contributed by atoms with van der Waals surface area (Å²) in [5.74, 6) is 0.540. The molecule has 0 unspecified atom stereocenters. The van der Waals surface area contributed by atoms with E-state index in [-0.39, 0.29) is 11.8 Å². The largest absolute Gasteiger partial charge is 0.495 e. The van der Waals surface area contributed by atoms with Crippen molar-refractivity contribution >= 4 is 29.1 Å². The van der Waals surface area contributed by atoms with Crippen molar-refractivity contribution in [2.24, 2.45) is 0 Å². The number of piperazine rings is 1. The second-order valence-electron chi connectivity index (χ2n) is 8.31. The molecule has 2 amide bonds. The van der Waals surface area contributed by atoms with Gasteiger partial charge in [-0.25, -0.2) is 0 Å². The molecule has 0 bridgehead atoms. The molecular formula is C24H29ClN4O3. The van der Waals surface area contributed by atoms with E-state index in [9.17, 15) is 9.59 Å². The molecule has 7 nitrogen and oxygen atoms in total. The smallest absolute Gasteiger partial charge is 0.246 e. The lowest BCUT2D eigenvalue weighted by molar-refractivity contribution is -0.125. The normalized spacial score (nSPS) is 18.1. The number of rotatable bonds is 8. The van der Waals surface area contributed by atoms with Gasteiger partial charge in [0.1, 0.15) is 11.8 Å². The van der Waals surface area contributed by atoms with Gasteiger partial charge in [-0.2, -0.15) is 0 Å². The fraction of sp³-hybridized carbons (Fsp3) is 0.417. The van der Waals surface area contributed by atoms with Gasteiger partial charge in [-0.3, -0.25) is 19.4 Å².